The van der Waals surface area contributed by atoms with E-state index < -0.39 is 83.1 Å². The number of halogens is 6. The van der Waals surface area contributed by atoms with Crippen LogP contribution in [-0.4, -0.2) is 38.1 Å². The van der Waals surface area contributed by atoms with Crippen molar-refractivity contribution in [2.24, 2.45) is 0 Å². The Hall–Kier alpha value is -7.32. The van der Waals surface area contributed by atoms with E-state index in [1.807, 2.05) is 0 Å². The molecule has 56 heavy (non-hydrogen) atoms. The fourth-order valence-corrected chi connectivity index (χ4v) is 4.89. The molecule has 5 rings (SSSR count). The Morgan fingerprint density at radius 3 is 1.09 bits per heavy atom. The number of benzene rings is 5. The number of esters is 4. The lowest BCUT2D eigenvalue weighted by Crippen LogP contribution is -2.14. The van der Waals surface area contributed by atoms with Gasteiger partial charge in [0.2, 0.25) is 0 Å². The maximum absolute atomic E-state index is 14.4. The summed E-state index contributed by atoms with van der Waals surface area (Å²) in [6, 6.07) is 15.1. The van der Waals surface area contributed by atoms with Crippen LogP contribution in [0.1, 0.15) is 74.8 Å². The van der Waals surface area contributed by atoms with Gasteiger partial charge in [0.25, 0.3) is 0 Å². The predicted molar refractivity (Wildman–Crippen MR) is 185 cm³/mol. The van der Waals surface area contributed by atoms with E-state index in [2.05, 4.69) is 33.2 Å². The first-order valence-electron chi connectivity index (χ1n) is 16.0. The standard InChI is InChI=1S/C42H24F6O8/c1-53-39(49)25-9-3-23(4-10-25)7-13-27-15-32(42(52)56-22-34-37(47)19-30(44)20-38(34)48)28(14-8-24-5-11-26(12-6-24)40(50)54-2)16-31(27)41(51)55-21-33-35(45)17-29(43)18-36(33)46/h3-6,9-12,15-20H,21-22H2,1-2H3. The third-order valence-electron chi connectivity index (χ3n) is 7.80. The molecule has 0 aliphatic heterocycles. The lowest BCUT2D eigenvalue weighted by Gasteiger charge is -2.12. The van der Waals surface area contributed by atoms with Crippen LogP contribution in [0.3, 0.4) is 0 Å². The van der Waals surface area contributed by atoms with E-state index in [9.17, 15) is 45.5 Å². The minimum atomic E-state index is -1.33. The topological polar surface area (TPSA) is 105 Å². The third kappa shape index (κ3) is 9.61. The number of methoxy groups -OCH3 is 2. The predicted octanol–water partition coefficient (Wildman–Crippen LogP) is 7.61. The molecule has 0 atom stereocenters. The van der Waals surface area contributed by atoms with Gasteiger partial charge in [-0.25, -0.2) is 45.5 Å². The Kier molecular flexibility index (Phi) is 12.6. The highest BCUT2D eigenvalue weighted by Gasteiger charge is 2.23. The van der Waals surface area contributed by atoms with Crippen molar-refractivity contribution in [2.75, 3.05) is 14.2 Å². The Labute approximate surface area is 314 Å². The minimum Gasteiger partial charge on any atom is -0.465 e. The molecule has 14 heteroatoms. The highest BCUT2D eigenvalue weighted by molar-refractivity contribution is 5.98. The summed E-state index contributed by atoms with van der Waals surface area (Å²) in [5, 5.41) is 0. The van der Waals surface area contributed by atoms with E-state index in [-0.39, 0.29) is 33.4 Å². The monoisotopic (exact) mass is 770 g/mol. The number of hydrogen-bond donors (Lipinski definition) is 0. The minimum absolute atomic E-state index is 0.199. The first-order chi connectivity index (χ1) is 26.8. The summed E-state index contributed by atoms with van der Waals surface area (Å²) in [6.07, 6.45) is 0. The summed E-state index contributed by atoms with van der Waals surface area (Å²) >= 11 is 0. The Bertz CT molecular complexity index is 2270. The van der Waals surface area contributed by atoms with Crippen LogP contribution in [0, 0.1) is 58.6 Å². The molecular formula is C42H24F6O8. The molecule has 0 heterocycles. The smallest absolute Gasteiger partial charge is 0.339 e. The molecule has 0 fully saturated rings. The van der Waals surface area contributed by atoms with Gasteiger partial charge in [0, 0.05) is 46.5 Å². The second-order valence-electron chi connectivity index (χ2n) is 11.4. The molecule has 0 radical (unpaired) electrons. The van der Waals surface area contributed by atoms with Gasteiger partial charge >= 0.3 is 23.9 Å². The zero-order valence-corrected chi connectivity index (χ0v) is 29.0. The van der Waals surface area contributed by atoms with Crippen molar-refractivity contribution in [1.29, 1.82) is 0 Å². The van der Waals surface area contributed by atoms with E-state index >= 15 is 0 Å². The first-order valence-corrected chi connectivity index (χ1v) is 16.0. The van der Waals surface area contributed by atoms with Crippen LogP contribution in [0.4, 0.5) is 26.3 Å². The van der Waals surface area contributed by atoms with Crippen molar-refractivity contribution in [3.05, 3.63) is 175 Å². The molecule has 8 nitrogen and oxygen atoms in total. The van der Waals surface area contributed by atoms with Crippen LogP contribution in [0.25, 0.3) is 0 Å². The summed E-state index contributed by atoms with van der Waals surface area (Å²) in [5.41, 5.74) is -1.77. The molecule has 5 aromatic rings. The van der Waals surface area contributed by atoms with E-state index in [1.54, 1.807) is 0 Å². The molecule has 0 amide bonds. The average Bonchev–Trinajstić information content (AvgIpc) is 3.17. The molecule has 0 saturated heterocycles. The van der Waals surface area contributed by atoms with Crippen LogP contribution in [0.5, 0.6) is 0 Å². The van der Waals surface area contributed by atoms with Crippen LogP contribution >= 0.6 is 0 Å². The summed E-state index contributed by atoms with van der Waals surface area (Å²) in [6.45, 7) is -1.99. The molecule has 0 bridgehead atoms. The van der Waals surface area contributed by atoms with Gasteiger partial charge in [-0.3, -0.25) is 0 Å². The number of carbonyl (C=O) groups is 4. The molecule has 0 aromatic heterocycles. The molecule has 5 aromatic carbocycles. The summed E-state index contributed by atoms with van der Waals surface area (Å²) in [5.74, 6) is -0.546. The fourth-order valence-electron chi connectivity index (χ4n) is 4.89. The molecule has 0 unspecified atom stereocenters. The summed E-state index contributed by atoms with van der Waals surface area (Å²) in [4.78, 5) is 50.9. The lowest BCUT2D eigenvalue weighted by atomic mass is 9.97. The molecule has 0 saturated carbocycles. The number of hydrogen-bond acceptors (Lipinski definition) is 8. The quantitative estimate of drug-likeness (QED) is 0.0688. The van der Waals surface area contributed by atoms with Gasteiger partial charge in [0.1, 0.15) is 48.1 Å². The van der Waals surface area contributed by atoms with Crippen molar-refractivity contribution < 1.29 is 64.5 Å². The Balaban J connectivity index is 1.62. The maximum Gasteiger partial charge on any atom is 0.339 e. The first kappa shape index (κ1) is 39.9. The van der Waals surface area contributed by atoms with Crippen LogP contribution in [-0.2, 0) is 32.2 Å². The van der Waals surface area contributed by atoms with Gasteiger partial charge in [0.15, 0.2) is 0 Å². The van der Waals surface area contributed by atoms with Gasteiger partial charge < -0.3 is 18.9 Å². The van der Waals surface area contributed by atoms with Gasteiger partial charge in [-0.2, -0.15) is 0 Å². The zero-order valence-electron chi connectivity index (χ0n) is 29.0. The lowest BCUT2D eigenvalue weighted by molar-refractivity contribution is 0.0449. The van der Waals surface area contributed by atoms with E-state index in [4.69, 9.17) is 9.47 Å². The number of rotatable bonds is 8. The second kappa shape index (κ2) is 17.7. The van der Waals surface area contributed by atoms with Crippen molar-refractivity contribution in [3.63, 3.8) is 0 Å². The van der Waals surface area contributed by atoms with Gasteiger partial charge in [-0.15, -0.1) is 0 Å². The van der Waals surface area contributed by atoms with Crippen molar-refractivity contribution in [1.82, 2.24) is 0 Å². The van der Waals surface area contributed by atoms with Gasteiger partial charge in [-0.1, -0.05) is 23.7 Å². The van der Waals surface area contributed by atoms with Crippen molar-refractivity contribution in [3.8, 4) is 23.7 Å². The number of carbonyl (C=O) groups excluding carboxylic acids is 4. The Morgan fingerprint density at radius 2 is 0.786 bits per heavy atom. The van der Waals surface area contributed by atoms with Crippen molar-refractivity contribution in [2.45, 2.75) is 13.2 Å². The summed E-state index contributed by atoms with van der Waals surface area (Å²) in [7, 11) is 2.39. The van der Waals surface area contributed by atoms with Crippen LogP contribution in [0.15, 0.2) is 84.9 Å². The second-order valence-corrected chi connectivity index (χ2v) is 11.4. The Morgan fingerprint density at radius 1 is 0.464 bits per heavy atom. The van der Waals surface area contributed by atoms with E-state index in [0.29, 0.717) is 35.4 Å². The third-order valence-corrected chi connectivity index (χ3v) is 7.80. The molecule has 0 aliphatic rings. The maximum atomic E-state index is 14.4. The molecule has 282 valence electrons. The molecule has 0 N–H and O–H groups in total. The zero-order chi connectivity index (χ0) is 40.5. The molecular weight excluding hydrogens is 746 g/mol. The fraction of sp³-hybridized carbons (Fsp3) is 0.0952. The van der Waals surface area contributed by atoms with Crippen LogP contribution in [0.2, 0.25) is 0 Å². The number of ether oxygens (including phenoxy) is 4. The molecule has 0 aliphatic carbocycles. The molecule has 0 spiro atoms. The van der Waals surface area contributed by atoms with Gasteiger partial charge in [0.05, 0.1) is 47.6 Å². The highest BCUT2D eigenvalue weighted by atomic mass is 19.2. The van der Waals surface area contributed by atoms with Gasteiger partial charge in [-0.05, 0) is 60.7 Å². The highest BCUT2D eigenvalue weighted by Crippen LogP contribution is 2.23. The van der Waals surface area contributed by atoms with Crippen LogP contribution < -0.4 is 0 Å². The van der Waals surface area contributed by atoms with E-state index in [0.717, 1.165) is 12.1 Å². The van der Waals surface area contributed by atoms with Crippen molar-refractivity contribution >= 4 is 23.9 Å². The SMILES string of the molecule is COC(=O)c1ccc(C#Cc2cc(C(=O)OCc3c(F)cc(F)cc3F)c(C#Cc3ccc(C(=O)OC)cc3)cc2C(=O)OCc2c(F)cc(F)cc2F)cc1. The largest absolute Gasteiger partial charge is 0.465 e. The normalized spacial score (nSPS) is 10.3. The van der Waals surface area contributed by atoms with E-state index in [1.165, 1.54) is 62.8 Å². The average molecular weight is 771 g/mol. The summed E-state index contributed by atoms with van der Waals surface area (Å²) < 4.78 is 104.